The van der Waals surface area contributed by atoms with Crippen molar-refractivity contribution in [1.82, 2.24) is 4.90 Å². The molecule has 0 atom stereocenters. The van der Waals surface area contributed by atoms with Gasteiger partial charge in [0, 0.05) is 26.2 Å². The van der Waals surface area contributed by atoms with Crippen LogP contribution in [0.25, 0.3) is 0 Å². The molecule has 1 aliphatic heterocycles. The second kappa shape index (κ2) is 3.58. The number of likely N-dealkylation sites (tertiary alicyclic amines) is 1. The first-order valence-corrected chi connectivity index (χ1v) is 5.27. The van der Waals surface area contributed by atoms with Gasteiger partial charge in [-0.05, 0) is 17.3 Å². The van der Waals surface area contributed by atoms with E-state index in [-0.39, 0.29) is 0 Å². The first-order valence-electron chi connectivity index (χ1n) is 5.27. The fourth-order valence-electron chi connectivity index (χ4n) is 3.01. The minimum Gasteiger partial charge on any atom is -0.329 e. The molecule has 1 heterocycles. The molecule has 1 rings (SSSR count). The molecular formula is C11H24N2. The van der Waals surface area contributed by atoms with Gasteiger partial charge in [0.15, 0.2) is 0 Å². The van der Waals surface area contributed by atoms with Gasteiger partial charge >= 0.3 is 0 Å². The Balaban J connectivity index is 2.61. The Morgan fingerprint density at radius 1 is 1.08 bits per heavy atom. The molecular weight excluding hydrogens is 160 g/mol. The Labute approximate surface area is 82.5 Å². The van der Waals surface area contributed by atoms with Crippen LogP contribution >= 0.6 is 0 Å². The summed E-state index contributed by atoms with van der Waals surface area (Å²) >= 11 is 0. The van der Waals surface area contributed by atoms with Crippen LogP contribution in [-0.4, -0.2) is 31.1 Å². The summed E-state index contributed by atoms with van der Waals surface area (Å²) in [6.45, 7) is 13.7. The molecule has 0 radical (unpaired) electrons. The van der Waals surface area contributed by atoms with Crippen LogP contribution in [0.15, 0.2) is 0 Å². The fourth-order valence-corrected chi connectivity index (χ4v) is 3.01. The van der Waals surface area contributed by atoms with Gasteiger partial charge in [-0.2, -0.15) is 0 Å². The Hall–Kier alpha value is -0.0800. The number of nitrogens with two attached hydrogens (primary N) is 1. The van der Waals surface area contributed by atoms with E-state index >= 15 is 0 Å². The van der Waals surface area contributed by atoms with E-state index < -0.39 is 0 Å². The molecule has 2 heteroatoms. The van der Waals surface area contributed by atoms with Crippen molar-refractivity contribution in [2.45, 2.75) is 34.1 Å². The minimum absolute atomic E-state index is 0.455. The van der Waals surface area contributed by atoms with Crippen LogP contribution in [0.5, 0.6) is 0 Å². The van der Waals surface area contributed by atoms with Crippen LogP contribution in [0.4, 0.5) is 0 Å². The Kier molecular flexibility index (Phi) is 3.03. The van der Waals surface area contributed by atoms with Gasteiger partial charge in [-0.15, -0.1) is 0 Å². The molecule has 1 aliphatic rings. The number of hydrogen-bond acceptors (Lipinski definition) is 2. The fraction of sp³-hybridized carbons (Fsp3) is 1.00. The summed E-state index contributed by atoms with van der Waals surface area (Å²) in [6, 6.07) is 0. The van der Waals surface area contributed by atoms with E-state index in [1.807, 2.05) is 0 Å². The maximum atomic E-state index is 5.59. The first kappa shape index (κ1) is 11.0. The molecule has 1 saturated heterocycles. The maximum Gasteiger partial charge on any atom is 0.0105 e. The van der Waals surface area contributed by atoms with Crippen molar-refractivity contribution >= 4 is 0 Å². The molecule has 2 nitrogen and oxygen atoms in total. The van der Waals surface area contributed by atoms with Gasteiger partial charge in [-0.1, -0.05) is 27.7 Å². The molecule has 0 amide bonds. The maximum absolute atomic E-state index is 5.59. The topological polar surface area (TPSA) is 29.3 Å². The van der Waals surface area contributed by atoms with Crippen LogP contribution in [0.1, 0.15) is 34.1 Å². The number of hydrogen-bond donors (Lipinski definition) is 1. The van der Waals surface area contributed by atoms with Crippen LogP contribution in [0.2, 0.25) is 0 Å². The predicted molar refractivity (Wildman–Crippen MR) is 57.7 cm³/mol. The molecule has 1 fully saturated rings. The molecule has 2 N–H and O–H groups in total. The van der Waals surface area contributed by atoms with Crippen molar-refractivity contribution in [1.29, 1.82) is 0 Å². The summed E-state index contributed by atoms with van der Waals surface area (Å²) in [5.41, 5.74) is 6.51. The minimum atomic E-state index is 0.455. The summed E-state index contributed by atoms with van der Waals surface area (Å²) in [5.74, 6) is 0. The molecule has 0 bridgehead atoms. The smallest absolute Gasteiger partial charge is 0.0105 e. The number of rotatable bonds is 2. The average Bonchev–Trinajstić information content (AvgIpc) is 1.78. The third-order valence-corrected chi connectivity index (χ3v) is 2.71. The van der Waals surface area contributed by atoms with Crippen molar-refractivity contribution in [3.05, 3.63) is 0 Å². The SMILES string of the molecule is CC1(C)CN(CCN)CC(C)(C)C1. The Morgan fingerprint density at radius 3 is 1.92 bits per heavy atom. The Bertz CT molecular complexity index is 157. The third-order valence-electron chi connectivity index (χ3n) is 2.71. The number of piperidine rings is 1. The normalized spacial score (nSPS) is 27.5. The summed E-state index contributed by atoms with van der Waals surface area (Å²) in [4.78, 5) is 2.50. The lowest BCUT2D eigenvalue weighted by Crippen LogP contribution is -2.49. The van der Waals surface area contributed by atoms with Crippen molar-refractivity contribution in [2.75, 3.05) is 26.2 Å². The van der Waals surface area contributed by atoms with Gasteiger partial charge in [0.1, 0.15) is 0 Å². The molecule has 0 aliphatic carbocycles. The monoisotopic (exact) mass is 184 g/mol. The van der Waals surface area contributed by atoms with E-state index in [1.165, 1.54) is 19.5 Å². The molecule has 0 spiro atoms. The summed E-state index contributed by atoms with van der Waals surface area (Å²) in [5, 5.41) is 0. The van der Waals surface area contributed by atoms with E-state index in [4.69, 9.17) is 5.73 Å². The van der Waals surface area contributed by atoms with Gasteiger partial charge in [0.25, 0.3) is 0 Å². The lowest BCUT2D eigenvalue weighted by atomic mass is 9.71. The van der Waals surface area contributed by atoms with Crippen LogP contribution < -0.4 is 5.73 Å². The van der Waals surface area contributed by atoms with Gasteiger partial charge in [0.2, 0.25) is 0 Å². The van der Waals surface area contributed by atoms with E-state index in [1.54, 1.807) is 0 Å². The average molecular weight is 184 g/mol. The third kappa shape index (κ3) is 3.28. The van der Waals surface area contributed by atoms with Crippen molar-refractivity contribution in [3.63, 3.8) is 0 Å². The molecule has 13 heavy (non-hydrogen) atoms. The first-order chi connectivity index (χ1) is 5.85. The van der Waals surface area contributed by atoms with E-state index in [0.717, 1.165) is 13.1 Å². The van der Waals surface area contributed by atoms with Gasteiger partial charge in [-0.25, -0.2) is 0 Å². The van der Waals surface area contributed by atoms with Crippen LogP contribution in [0.3, 0.4) is 0 Å². The predicted octanol–water partition coefficient (Wildman–Crippen LogP) is 1.70. The lowest BCUT2D eigenvalue weighted by Gasteiger charge is -2.47. The molecule has 0 saturated carbocycles. The lowest BCUT2D eigenvalue weighted by molar-refractivity contribution is 0.0299. The molecule has 0 aromatic rings. The second-order valence-corrected chi connectivity index (χ2v) is 6.00. The summed E-state index contributed by atoms with van der Waals surface area (Å²) < 4.78 is 0. The molecule has 78 valence electrons. The van der Waals surface area contributed by atoms with Crippen molar-refractivity contribution < 1.29 is 0 Å². The van der Waals surface area contributed by atoms with Crippen LogP contribution in [-0.2, 0) is 0 Å². The molecule has 0 unspecified atom stereocenters. The van der Waals surface area contributed by atoms with Gasteiger partial charge < -0.3 is 10.6 Å². The highest BCUT2D eigenvalue weighted by Gasteiger charge is 2.36. The number of nitrogens with zero attached hydrogens (tertiary/aromatic N) is 1. The molecule has 0 aromatic heterocycles. The summed E-state index contributed by atoms with van der Waals surface area (Å²) in [6.07, 6.45) is 1.32. The van der Waals surface area contributed by atoms with E-state index in [0.29, 0.717) is 10.8 Å². The standard InChI is InChI=1S/C11H24N2/c1-10(2)7-11(3,4)9-13(8-10)6-5-12/h5-9,12H2,1-4H3. The van der Waals surface area contributed by atoms with Crippen molar-refractivity contribution in [3.8, 4) is 0 Å². The molecule has 0 aromatic carbocycles. The highest BCUT2D eigenvalue weighted by atomic mass is 15.2. The van der Waals surface area contributed by atoms with Crippen LogP contribution in [0, 0.1) is 10.8 Å². The second-order valence-electron chi connectivity index (χ2n) is 6.00. The Morgan fingerprint density at radius 2 is 1.54 bits per heavy atom. The van der Waals surface area contributed by atoms with E-state index in [2.05, 4.69) is 32.6 Å². The highest BCUT2D eigenvalue weighted by Crippen LogP contribution is 2.39. The van der Waals surface area contributed by atoms with Gasteiger partial charge in [-0.3, -0.25) is 0 Å². The largest absolute Gasteiger partial charge is 0.329 e. The zero-order valence-corrected chi connectivity index (χ0v) is 9.56. The van der Waals surface area contributed by atoms with Gasteiger partial charge in [0.05, 0.1) is 0 Å². The zero-order chi connectivity index (χ0) is 10.1. The highest BCUT2D eigenvalue weighted by molar-refractivity contribution is 4.89. The van der Waals surface area contributed by atoms with Crippen molar-refractivity contribution in [2.24, 2.45) is 16.6 Å². The zero-order valence-electron chi connectivity index (χ0n) is 9.56. The quantitative estimate of drug-likeness (QED) is 0.708. The summed E-state index contributed by atoms with van der Waals surface area (Å²) in [7, 11) is 0. The van der Waals surface area contributed by atoms with E-state index in [9.17, 15) is 0 Å².